The van der Waals surface area contributed by atoms with Gasteiger partial charge >= 0.3 is 0 Å². The molecule has 26 heavy (non-hydrogen) atoms. The number of carbonyl (C=O) groups excluding carboxylic acids is 2. The van der Waals surface area contributed by atoms with Gasteiger partial charge in [-0.3, -0.25) is 9.59 Å². The van der Waals surface area contributed by atoms with E-state index in [-0.39, 0.29) is 17.9 Å². The van der Waals surface area contributed by atoms with Crippen LogP contribution in [-0.4, -0.2) is 34.8 Å². The lowest BCUT2D eigenvalue weighted by atomic mass is 10.1. The Morgan fingerprint density at radius 1 is 1.42 bits per heavy atom. The van der Waals surface area contributed by atoms with Crippen LogP contribution in [0.2, 0.25) is 0 Å². The largest absolute Gasteiger partial charge is 0.347 e. The highest BCUT2D eigenvalue weighted by atomic mass is 32.1. The first-order valence-corrected chi connectivity index (χ1v) is 10.8. The molecule has 0 saturated carbocycles. The highest BCUT2D eigenvalue weighted by Gasteiger charge is 2.22. The summed E-state index contributed by atoms with van der Waals surface area (Å²) < 4.78 is 0. The summed E-state index contributed by atoms with van der Waals surface area (Å²) >= 11 is 3.32. The quantitative estimate of drug-likeness (QED) is 0.747. The van der Waals surface area contributed by atoms with E-state index in [4.69, 9.17) is 0 Å². The first kappa shape index (κ1) is 19.0. The number of hydrogen-bond donors (Lipinski definition) is 1. The standard InChI is InChI=1S/C19H25N3O2S2/c1-13-14(2)26-19(20-13)16(11-15-7-10-25-12-15)21-17(23)5-3-8-22-9-4-6-18(22)24/h7,10,12,16H,3-6,8-9,11H2,1-2H3,(H,21,23). The van der Waals surface area contributed by atoms with Crippen molar-refractivity contribution in [1.29, 1.82) is 0 Å². The van der Waals surface area contributed by atoms with Crippen molar-refractivity contribution in [3.05, 3.63) is 38.0 Å². The minimum Gasteiger partial charge on any atom is -0.347 e. The van der Waals surface area contributed by atoms with Crippen molar-refractivity contribution in [2.45, 2.75) is 52.0 Å². The topological polar surface area (TPSA) is 62.3 Å². The monoisotopic (exact) mass is 391 g/mol. The number of likely N-dealkylation sites (tertiary alicyclic amines) is 1. The summed E-state index contributed by atoms with van der Waals surface area (Å²) in [5.74, 6) is 0.247. The molecule has 5 nitrogen and oxygen atoms in total. The van der Waals surface area contributed by atoms with Crippen molar-refractivity contribution < 1.29 is 9.59 Å². The molecule has 0 radical (unpaired) electrons. The number of aromatic nitrogens is 1. The maximum Gasteiger partial charge on any atom is 0.222 e. The highest BCUT2D eigenvalue weighted by molar-refractivity contribution is 7.11. The number of nitrogens with one attached hydrogen (secondary N) is 1. The van der Waals surface area contributed by atoms with Gasteiger partial charge in [-0.15, -0.1) is 11.3 Å². The second-order valence-corrected chi connectivity index (χ2v) is 8.75. The van der Waals surface area contributed by atoms with E-state index in [0.717, 1.165) is 30.1 Å². The van der Waals surface area contributed by atoms with Crippen molar-refractivity contribution in [2.75, 3.05) is 13.1 Å². The first-order chi connectivity index (χ1) is 12.5. The fraction of sp³-hybridized carbons (Fsp3) is 0.526. The van der Waals surface area contributed by atoms with E-state index >= 15 is 0 Å². The van der Waals surface area contributed by atoms with Gasteiger partial charge in [0, 0.05) is 37.2 Å². The van der Waals surface area contributed by atoms with Crippen LogP contribution in [0.5, 0.6) is 0 Å². The summed E-state index contributed by atoms with van der Waals surface area (Å²) in [6, 6.07) is 2.00. The number of carbonyl (C=O) groups is 2. The maximum atomic E-state index is 12.5. The summed E-state index contributed by atoms with van der Waals surface area (Å²) in [4.78, 5) is 31.8. The van der Waals surface area contributed by atoms with E-state index in [9.17, 15) is 9.59 Å². The Kier molecular flexibility index (Phi) is 6.43. The Labute approximate surface area is 162 Å². The molecule has 3 heterocycles. The van der Waals surface area contributed by atoms with Crippen molar-refractivity contribution >= 4 is 34.5 Å². The minimum atomic E-state index is -0.0945. The van der Waals surface area contributed by atoms with Crippen LogP contribution in [0.4, 0.5) is 0 Å². The third kappa shape index (κ3) is 4.92. The van der Waals surface area contributed by atoms with E-state index in [0.29, 0.717) is 25.8 Å². The molecule has 2 amide bonds. The van der Waals surface area contributed by atoms with Crippen LogP contribution in [0.3, 0.4) is 0 Å². The molecular formula is C19H25N3O2S2. The molecule has 1 N–H and O–H groups in total. The Bertz CT molecular complexity index is 735. The molecule has 140 valence electrons. The molecule has 0 aromatic carbocycles. The third-order valence-corrected chi connectivity index (χ3v) is 6.62. The van der Waals surface area contributed by atoms with Gasteiger partial charge in [-0.2, -0.15) is 11.3 Å². The summed E-state index contributed by atoms with van der Waals surface area (Å²) in [6.45, 7) is 5.58. The molecule has 3 rings (SSSR count). The molecule has 1 fully saturated rings. The summed E-state index contributed by atoms with van der Waals surface area (Å²) in [6.07, 6.45) is 3.49. The van der Waals surface area contributed by atoms with E-state index in [1.54, 1.807) is 22.7 Å². The fourth-order valence-corrected chi connectivity index (χ4v) is 4.78. The van der Waals surface area contributed by atoms with E-state index in [1.165, 1.54) is 10.4 Å². The number of amides is 2. The molecular weight excluding hydrogens is 366 g/mol. The van der Waals surface area contributed by atoms with Crippen LogP contribution in [0.1, 0.15) is 52.9 Å². The second kappa shape index (κ2) is 8.77. The summed E-state index contributed by atoms with van der Waals surface area (Å²) in [5.41, 5.74) is 2.25. The molecule has 1 saturated heterocycles. The molecule has 1 atom stereocenters. The Morgan fingerprint density at radius 2 is 2.27 bits per heavy atom. The van der Waals surface area contributed by atoms with E-state index < -0.39 is 0 Å². The molecule has 0 bridgehead atoms. The third-order valence-electron chi connectivity index (χ3n) is 4.70. The molecule has 1 aliphatic rings. The predicted molar refractivity (Wildman–Crippen MR) is 106 cm³/mol. The predicted octanol–water partition coefficient (Wildman–Crippen LogP) is 3.62. The van der Waals surface area contributed by atoms with Crippen LogP contribution in [-0.2, 0) is 16.0 Å². The van der Waals surface area contributed by atoms with Crippen LogP contribution in [0.15, 0.2) is 16.8 Å². The van der Waals surface area contributed by atoms with Crippen LogP contribution in [0, 0.1) is 13.8 Å². The highest BCUT2D eigenvalue weighted by Crippen LogP contribution is 2.26. The van der Waals surface area contributed by atoms with Crippen LogP contribution in [0.25, 0.3) is 0 Å². The first-order valence-electron chi connectivity index (χ1n) is 9.05. The van der Waals surface area contributed by atoms with Crippen LogP contribution < -0.4 is 5.32 Å². The Hall–Kier alpha value is -1.73. The van der Waals surface area contributed by atoms with Gasteiger partial charge in [0.1, 0.15) is 5.01 Å². The molecule has 2 aromatic heterocycles. The molecule has 0 spiro atoms. The number of thiophene rings is 1. The zero-order chi connectivity index (χ0) is 18.5. The van der Waals surface area contributed by atoms with Gasteiger partial charge in [-0.1, -0.05) is 0 Å². The SMILES string of the molecule is Cc1nc(C(Cc2ccsc2)NC(=O)CCCN2CCCC2=O)sc1C. The number of thiazole rings is 1. The second-order valence-electron chi connectivity index (χ2n) is 6.74. The molecule has 7 heteroatoms. The fourth-order valence-electron chi connectivity index (χ4n) is 3.13. The Morgan fingerprint density at radius 3 is 2.88 bits per heavy atom. The van der Waals surface area contributed by atoms with E-state index in [1.807, 2.05) is 11.8 Å². The van der Waals surface area contributed by atoms with Crippen LogP contribution >= 0.6 is 22.7 Å². The van der Waals surface area contributed by atoms with Gasteiger partial charge in [0.05, 0.1) is 11.7 Å². The van der Waals surface area contributed by atoms with Gasteiger partial charge < -0.3 is 10.2 Å². The van der Waals surface area contributed by atoms with E-state index in [2.05, 4.69) is 34.1 Å². The minimum absolute atomic E-state index is 0.0300. The number of nitrogens with zero attached hydrogens (tertiary/aromatic N) is 2. The molecule has 2 aromatic rings. The van der Waals surface area contributed by atoms with Crippen molar-refractivity contribution in [1.82, 2.24) is 15.2 Å². The lowest BCUT2D eigenvalue weighted by Crippen LogP contribution is -2.31. The number of hydrogen-bond acceptors (Lipinski definition) is 5. The van der Waals surface area contributed by atoms with Crippen molar-refractivity contribution in [3.8, 4) is 0 Å². The normalized spacial score (nSPS) is 15.5. The molecule has 1 unspecified atom stereocenters. The smallest absolute Gasteiger partial charge is 0.222 e. The van der Waals surface area contributed by atoms with Crippen molar-refractivity contribution in [3.63, 3.8) is 0 Å². The van der Waals surface area contributed by atoms with Gasteiger partial charge in [-0.25, -0.2) is 4.98 Å². The summed E-state index contributed by atoms with van der Waals surface area (Å²) in [7, 11) is 0. The van der Waals surface area contributed by atoms with Gasteiger partial charge in [-0.05, 0) is 49.1 Å². The average Bonchev–Trinajstić information content (AvgIpc) is 3.32. The lowest BCUT2D eigenvalue weighted by molar-refractivity contribution is -0.128. The number of aryl methyl sites for hydroxylation is 2. The zero-order valence-corrected chi connectivity index (χ0v) is 16.9. The zero-order valence-electron chi connectivity index (χ0n) is 15.3. The van der Waals surface area contributed by atoms with Gasteiger partial charge in [0.25, 0.3) is 0 Å². The molecule has 1 aliphatic heterocycles. The maximum absolute atomic E-state index is 12.5. The lowest BCUT2D eigenvalue weighted by Gasteiger charge is -2.18. The summed E-state index contributed by atoms with van der Waals surface area (Å²) in [5, 5.41) is 8.30. The average molecular weight is 392 g/mol. The van der Waals surface area contributed by atoms with Crippen molar-refractivity contribution in [2.24, 2.45) is 0 Å². The van der Waals surface area contributed by atoms with Gasteiger partial charge in [0.2, 0.25) is 11.8 Å². The molecule has 0 aliphatic carbocycles. The van der Waals surface area contributed by atoms with Gasteiger partial charge in [0.15, 0.2) is 0 Å². The Balaban J connectivity index is 1.57. The number of rotatable bonds is 8.